The van der Waals surface area contributed by atoms with E-state index in [-0.39, 0.29) is 0 Å². The van der Waals surface area contributed by atoms with Crippen LogP contribution in [0, 0.1) is 5.92 Å². The topological polar surface area (TPSA) is 12.0 Å². The fourth-order valence-corrected chi connectivity index (χ4v) is 4.03. The molecular weight excluding hydrogens is 262 g/mol. The van der Waals surface area contributed by atoms with Crippen LogP contribution in [0.1, 0.15) is 24.8 Å². The second-order valence-corrected chi connectivity index (χ2v) is 6.70. The average molecular weight is 284 g/mol. The summed E-state index contributed by atoms with van der Waals surface area (Å²) in [6, 6.07) is 8.76. The minimum atomic E-state index is 0.554. The molecule has 1 aliphatic rings. The van der Waals surface area contributed by atoms with Crippen LogP contribution in [-0.4, -0.2) is 24.6 Å². The largest absolute Gasteiger partial charge is 0.317 e. The molecular formula is C15H22ClNS. The molecule has 0 amide bonds. The summed E-state index contributed by atoms with van der Waals surface area (Å²) in [6.45, 7) is 0. The van der Waals surface area contributed by atoms with Crippen molar-refractivity contribution < 1.29 is 0 Å². The van der Waals surface area contributed by atoms with E-state index in [4.69, 9.17) is 11.6 Å². The molecule has 1 N–H and O–H groups in total. The van der Waals surface area contributed by atoms with Crippen molar-refractivity contribution in [2.75, 3.05) is 18.6 Å². The fraction of sp³-hybridized carbons (Fsp3) is 0.600. The van der Waals surface area contributed by atoms with Gasteiger partial charge < -0.3 is 5.32 Å². The third-order valence-corrected chi connectivity index (χ3v) is 5.21. The molecule has 18 heavy (non-hydrogen) atoms. The summed E-state index contributed by atoms with van der Waals surface area (Å²) in [5.74, 6) is 3.58. The zero-order valence-corrected chi connectivity index (χ0v) is 12.6. The first kappa shape index (κ1) is 14.2. The van der Waals surface area contributed by atoms with E-state index < -0.39 is 0 Å². The van der Waals surface area contributed by atoms with Gasteiger partial charge in [0.05, 0.1) is 0 Å². The second kappa shape index (κ2) is 7.42. The monoisotopic (exact) mass is 283 g/mol. The number of halogens is 1. The number of rotatable bonds is 5. The van der Waals surface area contributed by atoms with Crippen molar-refractivity contribution in [2.24, 2.45) is 5.92 Å². The maximum Gasteiger partial charge on any atom is 0.0438 e. The summed E-state index contributed by atoms with van der Waals surface area (Å²) >= 11 is 8.34. The van der Waals surface area contributed by atoms with Gasteiger partial charge in [0.2, 0.25) is 0 Å². The lowest BCUT2D eigenvalue weighted by Crippen LogP contribution is -2.31. The summed E-state index contributed by atoms with van der Waals surface area (Å²) in [4.78, 5) is 0. The summed E-state index contributed by atoms with van der Waals surface area (Å²) < 4.78 is 0. The van der Waals surface area contributed by atoms with E-state index in [1.165, 1.54) is 36.3 Å². The minimum Gasteiger partial charge on any atom is -0.317 e. The third kappa shape index (κ3) is 4.18. The van der Waals surface area contributed by atoms with Gasteiger partial charge in [0.25, 0.3) is 0 Å². The Kier molecular flexibility index (Phi) is 5.87. The van der Waals surface area contributed by atoms with Crippen LogP contribution >= 0.6 is 23.4 Å². The molecule has 0 radical (unpaired) electrons. The molecule has 0 bridgehead atoms. The Morgan fingerprint density at radius 3 is 2.72 bits per heavy atom. The number of thioether (sulfide) groups is 1. The van der Waals surface area contributed by atoms with Crippen molar-refractivity contribution in [3.63, 3.8) is 0 Å². The molecule has 0 spiro atoms. The second-order valence-electron chi connectivity index (χ2n) is 5.07. The van der Waals surface area contributed by atoms with Crippen LogP contribution in [0.5, 0.6) is 0 Å². The Morgan fingerprint density at radius 2 is 2.06 bits per heavy atom. The Morgan fingerprint density at radius 1 is 1.33 bits per heavy atom. The minimum absolute atomic E-state index is 0.554. The Hall–Kier alpha value is -0.180. The van der Waals surface area contributed by atoms with Crippen LogP contribution in [0.4, 0.5) is 0 Å². The number of hydrogen-bond donors (Lipinski definition) is 1. The molecule has 1 atom stereocenters. The molecule has 1 aromatic carbocycles. The molecule has 0 saturated carbocycles. The normalized spacial score (nSPS) is 18.8. The van der Waals surface area contributed by atoms with E-state index in [0.717, 1.165) is 17.4 Å². The van der Waals surface area contributed by atoms with Crippen LogP contribution in [-0.2, 0) is 6.42 Å². The summed E-state index contributed by atoms with van der Waals surface area (Å²) in [5, 5.41) is 4.36. The van der Waals surface area contributed by atoms with Crippen LogP contribution in [0.15, 0.2) is 24.3 Å². The number of hydrogen-bond acceptors (Lipinski definition) is 2. The molecule has 1 unspecified atom stereocenters. The maximum absolute atomic E-state index is 6.24. The van der Waals surface area contributed by atoms with E-state index in [1.54, 1.807) is 0 Å². The zero-order valence-electron chi connectivity index (χ0n) is 11.0. The SMILES string of the molecule is CNC(Cc1ccccc1Cl)CC1CCSCC1. The molecule has 0 aliphatic carbocycles. The molecule has 1 fully saturated rings. The zero-order chi connectivity index (χ0) is 12.8. The first-order valence-corrected chi connectivity index (χ1v) is 8.31. The quantitative estimate of drug-likeness (QED) is 0.876. The maximum atomic E-state index is 6.24. The Labute approximate surface area is 120 Å². The highest BCUT2D eigenvalue weighted by molar-refractivity contribution is 7.99. The molecule has 1 aliphatic heterocycles. The third-order valence-electron chi connectivity index (χ3n) is 3.79. The van der Waals surface area contributed by atoms with Gasteiger partial charge in [-0.3, -0.25) is 0 Å². The van der Waals surface area contributed by atoms with Crippen LogP contribution < -0.4 is 5.32 Å². The summed E-state index contributed by atoms with van der Waals surface area (Å²) in [5.41, 5.74) is 1.27. The first-order valence-electron chi connectivity index (χ1n) is 6.78. The number of likely N-dealkylation sites (N-methyl/N-ethyl adjacent to an activating group) is 1. The molecule has 100 valence electrons. The highest BCUT2D eigenvalue weighted by atomic mass is 35.5. The highest BCUT2D eigenvalue weighted by Gasteiger charge is 2.19. The van der Waals surface area contributed by atoms with Crippen LogP contribution in [0.2, 0.25) is 5.02 Å². The van der Waals surface area contributed by atoms with E-state index in [2.05, 4.69) is 36.3 Å². The Balaban J connectivity index is 1.90. The van der Waals surface area contributed by atoms with Gasteiger partial charge in [0.15, 0.2) is 0 Å². The lowest BCUT2D eigenvalue weighted by molar-refractivity contribution is 0.376. The molecule has 0 aromatic heterocycles. The van der Waals surface area contributed by atoms with Gasteiger partial charge in [0, 0.05) is 11.1 Å². The molecule has 3 heteroatoms. The fourth-order valence-electron chi connectivity index (χ4n) is 2.62. The molecule has 2 rings (SSSR count). The summed E-state index contributed by atoms with van der Waals surface area (Å²) in [7, 11) is 2.07. The van der Waals surface area contributed by atoms with Gasteiger partial charge in [-0.25, -0.2) is 0 Å². The van der Waals surface area contributed by atoms with E-state index in [0.29, 0.717) is 6.04 Å². The predicted molar refractivity (Wildman–Crippen MR) is 82.7 cm³/mol. The van der Waals surface area contributed by atoms with Crippen LogP contribution in [0.3, 0.4) is 0 Å². The molecule has 1 heterocycles. The van der Waals surface area contributed by atoms with Gasteiger partial charge in [-0.15, -0.1) is 0 Å². The first-order chi connectivity index (χ1) is 8.79. The molecule has 1 aromatic rings. The number of nitrogens with one attached hydrogen (secondary N) is 1. The van der Waals surface area contributed by atoms with Crippen molar-refractivity contribution in [2.45, 2.75) is 31.7 Å². The van der Waals surface area contributed by atoms with E-state index in [1.807, 2.05) is 12.1 Å². The standard InChI is InChI=1S/C15H22ClNS/c1-17-14(10-12-6-8-18-9-7-12)11-13-4-2-3-5-15(13)16/h2-5,12,14,17H,6-11H2,1H3. The highest BCUT2D eigenvalue weighted by Crippen LogP contribution is 2.27. The van der Waals surface area contributed by atoms with Crippen molar-refractivity contribution in [1.82, 2.24) is 5.32 Å². The lowest BCUT2D eigenvalue weighted by atomic mass is 9.91. The van der Waals surface area contributed by atoms with Crippen molar-refractivity contribution in [1.29, 1.82) is 0 Å². The molecule has 1 saturated heterocycles. The predicted octanol–water partition coefficient (Wildman–Crippen LogP) is 4.00. The van der Waals surface area contributed by atoms with E-state index in [9.17, 15) is 0 Å². The van der Waals surface area contributed by atoms with Gasteiger partial charge in [-0.2, -0.15) is 11.8 Å². The molecule has 1 nitrogen and oxygen atoms in total. The lowest BCUT2D eigenvalue weighted by Gasteiger charge is -2.26. The summed E-state index contributed by atoms with van der Waals surface area (Å²) in [6.07, 6.45) is 5.08. The van der Waals surface area contributed by atoms with Crippen molar-refractivity contribution >= 4 is 23.4 Å². The van der Waals surface area contributed by atoms with Gasteiger partial charge in [-0.05, 0) is 61.8 Å². The van der Waals surface area contributed by atoms with E-state index >= 15 is 0 Å². The van der Waals surface area contributed by atoms with Gasteiger partial charge >= 0.3 is 0 Å². The van der Waals surface area contributed by atoms with Gasteiger partial charge in [0.1, 0.15) is 0 Å². The van der Waals surface area contributed by atoms with Crippen LogP contribution in [0.25, 0.3) is 0 Å². The number of benzene rings is 1. The smallest absolute Gasteiger partial charge is 0.0438 e. The van der Waals surface area contributed by atoms with Gasteiger partial charge in [-0.1, -0.05) is 29.8 Å². The van der Waals surface area contributed by atoms with Crippen molar-refractivity contribution in [3.8, 4) is 0 Å². The van der Waals surface area contributed by atoms with Crippen molar-refractivity contribution in [3.05, 3.63) is 34.9 Å². The average Bonchev–Trinajstić information content (AvgIpc) is 2.41. The Bertz CT molecular complexity index is 363.